The number of carbonyl (C=O) groups excluding carboxylic acids is 1. The van der Waals surface area contributed by atoms with Gasteiger partial charge in [0, 0.05) is 15.8 Å². The number of hydrogen-bond donors (Lipinski definition) is 0. The van der Waals surface area contributed by atoms with Crippen LogP contribution in [0.25, 0.3) is 0 Å². The molecule has 1 amide bonds. The Morgan fingerprint density at radius 3 is 2.74 bits per heavy atom. The second-order valence-electron chi connectivity index (χ2n) is 5.78. The topological polar surface area (TPSA) is 20.3 Å². The van der Waals surface area contributed by atoms with Crippen molar-refractivity contribution in [3.8, 4) is 0 Å². The summed E-state index contributed by atoms with van der Waals surface area (Å²) >= 11 is 5.23. The van der Waals surface area contributed by atoms with Gasteiger partial charge < -0.3 is 4.90 Å². The third-order valence-corrected chi connectivity index (χ3v) is 6.31. The zero-order valence-electron chi connectivity index (χ0n) is 11.5. The molecular formula is C15H20BrNOS. The smallest absolute Gasteiger partial charge is 0.233 e. The highest BCUT2D eigenvalue weighted by Crippen LogP contribution is 2.42. The van der Waals surface area contributed by atoms with Crippen LogP contribution in [0.2, 0.25) is 0 Å². The molecule has 1 aromatic rings. The lowest BCUT2D eigenvalue weighted by Gasteiger charge is -2.29. The Morgan fingerprint density at radius 2 is 2.11 bits per heavy atom. The summed E-state index contributed by atoms with van der Waals surface area (Å²) in [6, 6.07) is 0.476. The molecule has 0 radical (unpaired) electrons. The Hall–Kier alpha value is -0.350. The van der Waals surface area contributed by atoms with E-state index in [9.17, 15) is 4.79 Å². The molecule has 0 saturated heterocycles. The molecule has 2 heterocycles. The van der Waals surface area contributed by atoms with Crippen molar-refractivity contribution in [1.29, 1.82) is 0 Å². The van der Waals surface area contributed by atoms with Crippen LogP contribution in [0.4, 0.5) is 0 Å². The fourth-order valence-corrected chi connectivity index (χ4v) is 4.79. The number of halogens is 1. The van der Waals surface area contributed by atoms with Crippen LogP contribution < -0.4 is 0 Å². The number of nitrogens with zero attached hydrogens (tertiary/aromatic N) is 1. The fourth-order valence-electron chi connectivity index (χ4n) is 3.24. The molecule has 0 aromatic carbocycles. The second-order valence-corrected chi connectivity index (χ2v) is 7.65. The summed E-state index contributed by atoms with van der Waals surface area (Å²) < 4.78 is 0. The number of carbonyl (C=O) groups is 1. The van der Waals surface area contributed by atoms with Crippen LogP contribution in [-0.4, -0.2) is 22.2 Å². The zero-order valence-corrected chi connectivity index (χ0v) is 13.9. The van der Waals surface area contributed by atoms with Gasteiger partial charge in [0.1, 0.15) is 0 Å². The Kier molecular flexibility index (Phi) is 3.73. The lowest BCUT2D eigenvalue weighted by Crippen LogP contribution is -2.41. The summed E-state index contributed by atoms with van der Waals surface area (Å²) in [6.45, 7) is 5.27. The van der Waals surface area contributed by atoms with E-state index in [0.29, 0.717) is 11.4 Å². The molecule has 1 fully saturated rings. The standard InChI is InChI=1S/C15H20BrNOS/c1-9-10(2)19-14-8-17(15(18)7-16)13(11-3-4-11)6-5-12(9)14/h11,13H,3-8H2,1-2H3/t13-/m0/s1. The minimum atomic E-state index is 0.258. The van der Waals surface area contributed by atoms with Gasteiger partial charge in [-0.05, 0) is 56.6 Å². The van der Waals surface area contributed by atoms with E-state index in [2.05, 4.69) is 34.7 Å². The predicted octanol–water partition coefficient (Wildman–Crippen LogP) is 3.81. The summed E-state index contributed by atoms with van der Waals surface area (Å²) in [5.74, 6) is 1.02. The van der Waals surface area contributed by atoms with E-state index in [1.165, 1.54) is 33.7 Å². The van der Waals surface area contributed by atoms with E-state index in [1.807, 2.05) is 11.3 Å². The highest BCUT2D eigenvalue weighted by Gasteiger charge is 2.39. The van der Waals surface area contributed by atoms with Crippen molar-refractivity contribution in [3.05, 3.63) is 20.9 Å². The van der Waals surface area contributed by atoms with E-state index < -0.39 is 0 Å². The zero-order chi connectivity index (χ0) is 13.6. The molecule has 1 aromatic heterocycles. The van der Waals surface area contributed by atoms with Crippen molar-refractivity contribution in [2.24, 2.45) is 5.92 Å². The molecule has 1 atom stereocenters. The third-order valence-electron chi connectivity index (χ3n) is 4.60. The van der Waals surface area contributed by atoms with E-state index in [-0.39, 0.29) is 5.91 Å². The largest absolute Gasteiger partial charge is 0.334 e. The van der Waals surface area contributed by atoms with Crippen molar-refractivity contribution < 1.29 is 4.79 Å². The molecule has 19 heavy (non-hydrogen) atoms. The van der Waals surface area contributed by atoms with Crippen molar-refractivity contribution in [2.45, 2.75) is 52.1 Å². The number of thiophene rings is 1. The fraction of sp³-hybridized carbons (Fsp3) is 0.667. The normalized spacial score (nSPS) is 23.1. The number of rotatable bonds is 2. The first-order chi connectivity index (χ1) is 9.11. The first kappa shape index (κ1) is 13.6. The van der Waals surface area contributed by atoms with Crippen molar-refractivity contribution in [2.75, 3.05) is 5.33 Å². The maximum absolute atomic E-state index is 12.2. The summed E-state index contributed by atoms with van der Waals surface area (Å²) in [5, 5.41) is 0.453. The van der Waals surface area contributed by atoms with Crippen LogP contribution in [-0.2, 0) is 17.8 Å². The molecule has 0 spiro atoms. The summed E-state index contributed by atoms with van der Waals surface area (Å²) in [5.41, 5.74) is 2.99. The van der Waals surface area contributed by atoms with E-state index in [0.717, 1.165) is 25.3 Å². The number of fused-ring (bicyclic) bond motifs is 1. The van der Waals surface area contributed by atoms with Crippen molar-refractivity contribution >= 4 is 33.2 Å². The van der Waals surface area contributed by atoms with Gasteiger partial charge in [0.25, 0.3) is 0 Å². The molecule has 2 nitrogen and oxygen atoms in total. The predicted molar refractivity (Wildman–Crippen MR) is 83.0 cm³/mol. The number of aryl methyl sites for hydroxylation is 1. The van der Waals surface area contributed by atoms with Gasteiger partial charge in [-0.15, -0.1) is 11.3 Å². The van der Waals surface area contributed by atoms with E-state index >= 15 is 0 Å². The summed E-state index contributed by atoms with van der Waals surface area (Å²) in [6.07, 6.45) is 4.91. The van der Waals surface area contributed by atoms with Crippen molar-refractivity contribution in [1.82, 2.24) is 4.90 Å². The first-order valence-corrected chi connectivity index (χ1v) is 8.98. The Labute approximate surface area is 127 Å². The van der Waals surface area contributed by atoms with Crippen LogP contribution in [0.5, 0.6) is 0 Å². The highest BCUT2D eigenvalue weighted by molar-refractivity contribution is 9.09. The van der Waals surface area contributed by atoms with Gasteiger partial charge in [0.05, 0.1) is 11.9 Å². The molecule has 0 N–H and O–H groups in total. The number of alkyl halides is 1. The minimum Gasteiger partial charge on any atom is -0.334 e. The Morgan fingerprint density at radius 1 is 1.37 bits per heavy atom. The van der Waals surface area contributed by atoms with E-state index in [1.54, 1.807) is 0 Å². The molecule has 1 aliphatic heterocycles. The van der Waals surface area contributed by atoms with Crippen LogP contribution in [0.3, 0.4) is 0 Å². The molecule has 0 bridgehead atoms. The Bertz CT molecular complexity index is 506. The number of hydrogen-bond acceptors (Lipinski definition) is 2. The minimum absolute atomic E-state index is 0.258. The maximum atomic E-state index is 12.2. The van der Waals surface area contributed by atoms with Gasteiger partial charge in [-0.3, -0.25) is 4.79 Å². The lowest BCUT2D eigenvalue weighted by atomic mass is 10.0. The quantitative estimate of drug-likeness (QED) is 0.749. The van der Waals surface area contributed by atoms with Crippen LogP contribution in [0.15, 0.2) is 0 Å². The molecule has 2 aliphatic rings. The molecule has 3 rings (SSSR count). The molecule has 104 valence electrons. The monoisotopic (exact) mass is 341 g/mol. The molecule has 0 unspecified atom stereocenters. The maximum Gasteiger partial charge on any atom is 0.233 e. The first-order valence-electron chi connectivity index (χ1n) is 7.05. The van der Waals surface area contributed by atoms with E-state index in [4.69, 9.17) is 0 Å². The van der Waals surface area contributed by atoms with Gasteiger partial charge in [-0.25, -0.2) is 0 Å². The lowest BCUT2D eigenvalue weighted by molar-refractivity contribution is -0.131. The summed E-state index contributed by atoms with van der Waals surface area (Å²) in [7, 11) is 0. The Balaban J connectivity index is 1.92. The van der Waals surface area contributed by atoms with Crippen LogP contribution in [0.1, 0.15) is 40.1 Å². The summed E-state index contributed by atoms with van der Waals surface area (Å²) in [4.78, 5) is 17.2. The highest BCUT2D eigenvalue weighted by atomic mass is 79.9. The molecule has 1 saturated carbocycles. The van der Waals surface area contributed by atoms with Crippen molar-refractivity contribution in [3.63, 3.8) is 0 Å². The van der Waals surface area contributed by atoms with Gasteiger partial charge in [0.15, 0.2) is 0 Å². The van der Waals surface area contributed by atoms with Crippen LogP contribution in [0, 0.1) is 19.8 Å². The molecule has 1 aliphatic carbocycles. The van der Waals surface area contributed by atoms with Gasteiger partial charge in [-0.2, -0.15) is 0 Å². The van der Waals surface area contributed by atoms with Gasteiger partial charge in [-0.1, -0.05) is 15.9 Å². The molecular weight excluding hydrogens is 322 g/mol. The number of amides is 1. The SMILES string of the molecule is Cc1sc2c(c1C)CC[C@@H](C1CC1)N(C(=O)CBr)C2. The second kappa shape index (κ2) is 5.21. The van der Waals surface area contributed by atoms with Gasteiger partial charge >= 0.3 is 0 Å². The van der Waals surface area contributed by atoms with Crippen LogP contribution >= 0.6 is 27.3 Å². The average molecular weight is 342 g/mol. The third kappa shape index (κ3) is 2.49. The van der Waals surface area contributed by atoms with Gasteiger partial charge in [0.2, 0.25) is 5.91 Å². The molecule has 4 heteroatoms. The average Bonchev–Trinajstić information content (AvgIpc) is 3.19.